The highest BCUT2D eigenvalue weighted by Gasteiger charge is 2.33. The van der Waals surface area contributed by atoms with E-state index in [0.29, 0.717) is 28.7 Å². The third kappa shape index (κ3) is 6.46. The van der Waals surface area contributed by atoms with Crippen molar-refractivity contribution in [2.45, 2.75) is 31.1 Å². The normalized spacial score (nSPS) is 14.4. The van der Waals surface area contributed by atoms with Gasteiger partial charge in [-0.2, -0.15) is 5.10 Å². The van der Waals surface area contributed by atoms with Crippen LogP contribution in [0.3, 0.4) is 0 Å². The number of carbonyl (C=O) groups excluding carboxylic acids is 2. The molecule has 0 saturated carbocycles. The van der Waals surface area contributed by atoms with Crippen molar-refractivity contribution in [1.29, 1.82) is 0 Å². The molecular formula is C31H32N6O4S. The average molecular weight is 585 g/mol. The molecule has 0 saturated heterocycles. The summed E-state index contributed by atoms with van der Waals surface area (Å²) in [5, 5.41) is 18.2. The molecule has 0 spiro atoms. The van der Waals surface area contributed by atoms with Gasteiger partial charge in [-0.05, 0) is 66.6 Å². The second-order valence-electron chi connectivity index (χ2n) is 9.80. The Balaban J connectivity index is 1.25. The zero-order valence-electron chi connectivity index (χ0n) is 23.9. The van der Waals surface area contributed by atoms with E-state index in [1.807, 2.05) is 50.4 Å². The maximum Gasteiger partial charge on any atom is 0.253 e. The predicted molar refractivity (Wildman–Crippen MR) is 161 cm³/mol. The van der Waals surface area contributed by atoms with Gasteiger partial charge in [-0.1, -0.05) is 41.6 Å². The molecule has 0 aliphatic carbocycles. The van der Waals surface area contributed by atoms with Crippen LogP contribution in [0.4, 0.5) is 0 Å². The summed E-state index contributed by atoms with van der Waals surface area (Å²) in [4.78, 5) is 26.1. The molecule has 42 heavy (non-hydrogen) atoms. The molecule has 2 amide bonds. The Morgan fingerprint density at radius 2 is 1.57 bits per heavy atom. The van der Waals surface area contributed by atoms with Crippen LogP contribution in [-0.2, 0) is 18.4 Å². The molecule has 1 N–H and O–H groups in total. The van der Waals surface area contributed by atoms with Crippen molar-refractivity contribution in [2.75, 3.05) is 20.0 Å². The number of aromatic nitrogens is 3. The molecule has 4 aromatic rings. The van der Waals surface area contributed by atoms with Gasteiger partial charge in [-0.3, -0.25) is 9.59 Å². The molecule has 1 aliphatic heterocycles. The second kappa shape index (κ2) is 12.9. The van der Waals surface area contributed by atoms with Crippen molar-refractivity contribution in [2.24, 2.45) is 12.1 Å². The van der Waals surface area contributed by atoms with Crippen LogP contribution in [0.1, 0.15) is 45.3 Å². The summed E-state index contributed by atoms with van der Waals surface area (Å²) in [6, 6.07) is 22.6. The van der Waals surface area contributed by atoms with E-state index in [9.17, 15) is 9.59 Å². The lowest BCUT2D eigenvalue weighted by Gasteiger charge is -2.22. The zero-order valence-corrected chi connectivity index (χ0v) is 24.7. The first-order valence-electron chi connectivity index (χ1n) is 13.4. The maximum atomic E-state index is 13.5. The number of rotatable bonds is 10. The molecule has 2 heterocycles. The lowest BCUT2D eigenvalue weighted by Crippen LogP contribution is -2.28. The number of hydrogen-bond acceptors (Lipinski definition) is 8. The number of hydrogen-bond donors (Lipinski definition) is 1. The van der Waals surface area contributed by atoms with Crippen molar-refractivity contribution in [3.63, 3.8) is 0 Å². The van der Waals surface area contributed by atoms with Gasteiger partial charge in [0.25, 0.3) is 11.8 Å². The van der Waals surface area contributed by atoms with E-state index >= 15 is 0 Å². The van der Waals surface area contributed by atoms with Crippen LogP contribution in [0.2, 0.25) is 0 Å². The first-order valence-corrected chi connectivity index (χ1v) is 14.4. The molecule has 3 aromatic carbocycles. The van der Waals surface area contributed by atoms with Gasteiger partial charge in [-0.15, -0.1) is 10.2 Å². The Hall–Kier alpha value is -4.64. The predicted octanol–water partition coefficient (Wildman–Crippen LogP) is 4.54. The molecule has 1 aromatic heterocycles. The third-order valence-electron chi connectivity index (χ3n) is 7.06. The summed E-state index contributed by atoms with van der Waals surface area (Å²) in [6.07, 6.45) is 0.605. The van der Waals surface area contributed by atoms with Gasteiger partial charge in [0.2, 0.25) is 0 Å². The Morgan fingerprint density at radius 3 is 2.21 bits per heavy atom. The highest BCUT2D eigenvalue weighted by Crippen LogP contribution is 2.34. The molecule has 0 bridgehead atoms. The highest BCUT2D eigenvalue weighted by molar-refractivity contribution is 7.99. The molecule has 10 nitrogen and oxygen atoms in total. The van der Waals surface area contributed by atoms with E-state index < -0.39 is 0 Å². The molecule has 1 atom stereocenters. The Labute approximate surface area is 248 Å². The molecule has 0 radical (unpaired) electrons. The van der Waals surface area contributed by atoms with Crippen LogP contribution in [0.15, 0.2) is 83.1 Å². The lowest BCUT2D eigenvalue weighted by molar-refractivity contribution is -0.130. The average Bonchev–Trinajstić information content (AvgIpc) is 3.63. The minimum Gasteiger partial charge on any atom is -0.497 e. The van der Waals surface area contributed by atoms with Gasteiger partial charge >= 0.3 is 0 Å². The van der Waals surface area contributed by atoms with Gasteiger partial charge in [0, 0.05) is 19.0 Å². The third-order valence-corrected chi connectivity index (χ3v) is 8.07. The number of hydrazone groups is 1. The van der Waals surface area contributed by atoms with E-state index in [0.717, 1.165) is 28.2 Å². The first kappa shape index (κ1) is 28.9. The highest BCUT2D eigenvalue weighted by atomic mass is 32.2. The zero-order chi connectivity index (χ0) is 29.6. The van der Waals surface area contributed by atoms with E-state index in [1.54, 1.807) is 48.1 Å². The van der Waals surface area contributed by atoms with Gasteiger partial charge in [0.1, 0.15) is 11.5 Å². The van der Waals surface area contributed by atoms with Gasteiger partial charge in [0.05, 0.1) is 38.3 Å². The molecule has 5 rings (SSSR count). The van der Waals surface area contributed by atoms with Crippen molar-refractivity contribution < 1.29 is 19.1 Å². The maximum absolute atomic E-state index is 13.5. The van der Waals surface area contributed by atoms with Crippen LogP contribution in [-0.4, -0.2) is 57.3 Å². The number of nitrogens with one attached hydrogen (secondary N) is 1. The summed E-state index contributed by atoms with van der Waals surface area (Å²) >= 11 is 1.28. The summed E-state index contributed by atoms with van der Waals surface area (Å²) < 4.78 is 12.2. The fourth-order valence-electron chi connectivity index (χ4n) is 4.57. The fraction of sp³-hybridized carbons (Fsp3) is 0.258. The lowest BCUT2D eigenvalue weighted by atomic mass is 9.97. The van der Waals surface area contributed by atoms with E-state index in [-0.39, 0.29) is 30.2 Å². The van der Waals surface area contributed by atoms with Crippen LogP contribution in [0, 0.1) is 6.92 Å². The number of carbonyl (C=O) groups is 2. The molecule has 0 fully saturated rings. The second-order valence-corrected chi connectivity index (χ2v) is 10.7. The summed E-state index contributed by atoms with van der Waals surface area (Å²) in [7, 11) is 5.02. The number of benzene rings is 3. The minimum atomic E-state index is -0.230. The molecule has 11 heteroatoms. The number of aryl methyl sites for hydroxylation is 1. The monoisotopic (exact) mass is 584 g/mol. The molecule has 216 valence electrons. The fourth-order valence-corrected chi connectivity index (χ4v) is 5.35. The van der Waals surface area contributed by atoms with Crippen molar-refractivity contribution >= 4 is 29.3 Å². The topological polar surface area (TPSA) is 111 Å². The number of amides is 2. The SMILES string of the molecule is COc1ccc(C(=O)NCc2nnc(SCC(=O)N3N=C(c4ccc(OC)cc4)C[C@H]3c3ccc(C)cc3)n2C)cc1. The first-order chi connectivity index (χ1) is 20.4. The summed E-state index contributed by atoms with van der Waals surface area (Å²) in [6.45, 7) is 2.23. The van der Waals surface area contributed by atoms with Gasteiger partial charge in [0.15, 0.2) is 11.0 Å². The smallest absolute Gasteiger partial charge is 0.253 e. The minimum absolute atomic E-state index is 0.131. The van der Waals surface area contributed by atoms with Crippen LogP contribution in [0.25, 0.3) is 0 Å². The molecular weight excluding hydrogens is 552 g/mol. The number of thioether (sulfide) groups is 1. The van der Waals surface area contributed by atoms with Crippen molar-refractivity contribution in [3.8, 4) is 11.5 Å². The van der Waals surface area contributed by atoms with Crippen LogP contribution < -0.4 is 14.8 Å². The van der Waals surface area contributed by atoms with E-state index in [2.05, 4.69) is 27.6 Å². The standard InChI is InChI=1S/C31H32N6O4S/c1-20-5-7-22(8-6-20)27-17-26(21-9-13-24(40-3)14-10-21)35-37(27)29(38)19-42-31-34-33-28(36(31)2)18-32-30(39)23-11-15-25(41-4)16-12-23/h5-16,27H,17-19H2,1-4H3,(H,32,39)/t27-/m0/s1. The molecule has 1 aliphatic rings. The molecule has 0 unspecified atom stereocenters. The van der Waals surface area contributed by atoms with Crippen molar-refractivity contribution in [1.82, 2.24) is 25.1 Å². The Morgan fingerprint density at radius 1 is 0.929 bits per heavy atom. The van der Waals surface area contributed by atoms with Crippen LogP contribution in [0.5, 0.6) is 11.5 Å². The van der Waals surface area contributed by atoms with Crippen molar-refractivity contribution in [3.05, 3.63) is 101 Å². The number of ether oxygens (including phenoxy) is 2. The quantitative estimate of drug-likeness (QED) is 0.273. The number of nitrogens with zero attached hydrogens (tertiary/aromatic N) is 5. The van der Waals surface area contributed by atoms with Crippen LogP contribution >= 0.6 is 11.8 Å². The van der Waals surface area contributed by atoms with Gasteiger partial charge < -0.3 is 19.4 Å². The van der Waals surface area contributed by atoms with E-state index in [1.165, 1.54) is 11.8 Å². The Kier molecular flexibility index (Phi) is 8.87. The largest absolute Gasteiger partial charge is 0.497 e. The summed E-state index contributed by atoms with van der Waals surface area (Å²) in [5.74, 6) is 1.79. The summed E-state index contributed by atoms with van der Waals surface area (Å²) in [5.41, 5.74) is 4.49. The Bertz CT molecular complexity index is 1580. The van der Waals surface area contributed by atoms with Gasteiger partial charge in [-0.25, -0.2) is 5.01 Å². The van der Waals surface area contributed by atoms with E-state index in [4.69, 9.17) is 14.6 Å². The number of methoxy groups -OCH3 is 2.